The van der Waals surface area contributed by atoms with E-state index in [2.05, 4.69) is 23.5 Å². The Kier molecular flexibility index (Phi) is 7.17. The van der Waals surface area contributed by atoms with Crippen LogP contribution in [0.25, 0.3) is 10.8 Å². The third kappa shape index (κ3) is 5.76. The third-order valence-electron chi connectivity index (χ3n) is 4.32. The fourth-order valence-corrected chi connectivity index (χ4v) is 3.67. The first-order valence-electron chi connectivity index (χ1n) is 9.31. The zero-order valence-electron chi connectivity index (χ0n) is 15.6. The first kappa shape index (κ1) is 19.3. The Balaban J connectivity index is 1.45. The van der Waals surface area contributed by atoms with Gasteiger partial charge in [-0.1, -0.05) is 67.6 Å². The second kappa shape index (κ2) is 10.0. The summed E-state index contributed by atoms with van der Waals surface area (Å²) in [7, 11) is 0. The standard InChI is InChI=1S/C23H25NO2S/c1-2-22(26-21-13-12-19-10-6-7-11-20(19)16-21)23(25)24-14-15-27-17-18-8-4-3-5-9-18/h3-13,16,22H,2,14-15,17H2,1H3,(H,24,25)/t22-/m0/s1. The van der Waals surface area contributed by atoms with Gasteiger partial charge in [0.2, 0.25) is 0 Å². The minimum atomic E-state index is -0.467. The van der Waals surface area contributed by atoms with Gasteiger partial charge < -0.3 is 10.1 Å². The number of carbonyl (C=O) groups is 1. The number of hydrogen-bond donors (Lipinski definition) is 1. The lowest BCUT2D eigenvalue weighted by Gasteiger charge is -2.17. The van der Waals surface area contributed by atoms with E-state index in [0.29, 0.717) is 13.0 Å². The van der Waals surface area contributed by atoms with E-state index in [-0.39, 0.29) is 5.91 Å². The second-order valence-electron chi connectivity index (χ2n) is 6.35. The normalized spacial score (nSPS) is 11.9. The highest BCUT2D eigenvalue weighted by Gasteiger charge is 2.17. The Morgan fingerprint density at radius 3 is 2.52 bits per heavy atom. The number of fused-ring (bicyclic) bond motifs is 1. The average molecular weight is 380 g/mol. The minimum Gasteiger partial charge on any atom is -0.481 e. The van der Waals surface area contributed by atoms with E-state index in [4.69, 9.17) is 4.74 Å². The van der Waals surface area contributed by atoms with Crippen LogP contribution in [0, 0.1) is 0 Å². The van der Waals surface area contributed by atoms with Crippen LogP contribution in [0.3, 0.4) is 0 Å². The Labute approximate surface area is 165 Å². The molecule has 140 valence electrons. The van der Waals surface area contributed by atoms with E-state index in [9.17, 15) is 4.79 Å². The molecule has 0 saturated carbocycles. The van der Waals surface area contributed by atoms with Crippen molar-refractivity contribution in [2.75, 3.05) is 12.3 Å². The molecule has 0 aromatic heterocycles. The molecule has 0 aliphatic carbocycles. The Hall–Kier alpha value is -2.46. The van der Waals surface area contributed by atoms with E-state index in [1.807, 2.05) is 73.3 Å². The third-order valence-corrected chi connectivity index (χ3v) is 5.35. The predicted molar refractivity (Wildman–Crippen MR) is 114 cm³/mol. The molecule has 27 heavy (non-hydrogen) atoms. The summed E-state index contributed by atoms with van der Waals surface area (Å²) in [4.78, 5) is 12.4. The number of hydrogen-bond acceptors (Lipinski definition) is 3. The van der Waals surface area contributed by atoms with Crippen molar-refractivity contribution in [1.29, 1.82) is 0 Å². The molecule has 0 saturated heterocycles. The van der Waals surface area contributed by atoms with Crippen molar-refractivity contribution in [2.24, 2.45) is 0 Å². The van der Waals surface area contributed by atoms with Crippen LogP contribution in [-0.2, 0) is 10.5 Å². The zero-order chi connectivity index (χ0) is 18.9. The van der Waals surface area contributed by atoms with Gasteiger partial charge in [0, 0.05) is 18.1 Å². The van der Waals surface area contributed by atoms with Gasteiger partial charge in [0.15, 0.2) is 6.10 Å². The van der Waals surface area contributed by atoms with Crippen molar-refractivity contribution in [3.05, 3.63) is 78.4 Å². The monoisotopic (exact) mass is 379 g/mol. The Bertz CT molecular complexity index is 866. The second-order valence-corrected chi connectivity index (χ2v) is 7.46. The molecule has 0 spiro atoms. The van der Waals surface area contributed by atoms with Gasteiger partial charge in [0.05, 0.1) is 0 Å². The van der Waals surface area contributed by atoms with Crippen LogP contribution in [0.5, 0.6) is 5.75 Å². The summed E-state index contributed by atoms with van der Waals surface area (Å²) in [5, 5.41) is 5.27. The largest absolute Gasteiger partial charge is 0.481 e. The summed E-state index contributed by atoms with van der Waals surface area (Å²) < 4.78 is 5.94. The van der Waals surface area contributed by atoms with Crippen molar-refractivity contribution < 1.29 is 9.53 Å². The summed E-state index contributed by atoms with van der Waals surface area (Å²) in [5.41, 5.74) is 1.31. The Morgan fingerprint density at radius 1 is 1.00 bits per heavy atom. The maximum atomic E-state index is 12.4. The highest BCUT2D eigenvalue weighted by Crippen LogP contribution is 2.22. The van der Waals surface area contributed by atoms with Crippen LogP contribution < -0.4 is 10.1 Å². The first-order chi connectivity index (χ1) is 13.3. The van der Waals surface area contributed by atoms with Gasteiger partial charge in [-0.3, -0.25) is 4.79 Å². The van der Waals surface area contributed by atoms with E-state index in [0.717, 1.165) is 28.0 Å². The number of benzene rings is 3. The molecule has 1 amide bonds. The number of thioether (sulfide) groups is 1. The number of rotatable bonds is 9. The first-order valence-corrected chi connectivity index (χ1v) is 10.5. The van der Waals surface area contributed by atoms with E-state index in [1.165, 1.54) is 5.56 Å². The molecule has 0 aliphatic heterocycles. The van der Waals surface area contributed by atoms with Gasteiger partial charge >= 0.3 is 0 Å². The molecule has 0 fully saturated rings. The fourth-order valence-electron chi connectivity index (χ4n) is 2.85. The number of carbonyl (C=O) groups excluding carboxylic acids is 1. The lowest BCUT2D eigenvalue weighted by molar-refractivity contribution is -0.127. The van der Waals surface area contributed by atoms with Crippen LogP contribution in [0.2, 0.25) is 0 Å². The van der Waals surface area contributed by atoms with Crippen molar-refractivity contribution in [2.45, 2.75) is 25.2 Å². The quantitative estimate of drug-likeness (QED) is 0.529. The predicted octanol–water partition coefficient (Wildman–Crippen LogP) is 5.05. The zero-order valence-corrected chi connectivity index (χ0v) is 16.4. The lowest BCUT2D eigenvalue weighted by atomic mass is 10.1. The minimum absolute atomic E-state index is 0.0500. The summed E-state index contributed by atoms with van der Waals surface area (Å²) >= 11 is 1.82. The van der Waals surface area contributed by atoms with Crippen LogP contribution in [0.15, 0.2) is 72.8 Å². The molecule has 1 N–H and O–H groups in total. The molecule has 3 nitrogen and oxygen atoms in total. The molecular formula is C23H25NO2S. The maximum absolute atomic E-state index is 12.4. The van der Waals surface area contributed by atoms with E-state index < -0.39 is 6.10 Å². The van der Waals surface area contributed by atoms with Crippen molar-refractivity contribution >= 4 is 28.4 Å². The summed E-state index contributed by atoms with van der Waals surface area (Å²) in [6.45, 7) is 2.61. The van der Waals surface area contributed by atoms with Gasteiger partial charge in [-0.25, -0.2) is 0 Å². The van der Waals surface area contributed by atoms with Crippen molar-refractivity contribution in [3.8, 4) is 5.75 Å². The molecule has 0 heterocycles. The van der Waals surface area contributed by atoms with Crippen molar-refractivity contribution in [3.63, 3.8) is 0 Å². The molecule has 0 bridgehead atoms. The Morgan fingerprint density at radius 2 is 1.74 bits per heavy atom. The number of amides is 1. The molecule has 1 atom stereocenters. The highest BCUT2D eigenvalue weighted by atomic mass is 32.2. The van der Waals surface area contributed by atoms with Gasteiger partial charge in [-0.2, -0.15) is 11.8 Å². The van der Waals surface area contributed by atoms with Gasteiger partial charge in [0.25, 0.3) is 5.91 Å². The summed E-state index contributed by atoms with van der Waals surface area (Å²) in [5.74, 6) is 2.52. The van der Waals surface area contributed by atoms with Crippen LogP contribution in [0.4, 0.5) is 0 Å². The molecule has 3 aromatic rings. The molecule has 3 aromatic carbocycles. The van der Waals surface area contributed by atoms with Crippen LogP contribution in [0.1, 0.15) is 18.9 Å². The summed E-state index contributed by atoms with van der Waals surface area (Å²) in [6.07, 6.45) is 0.167. The maximum Gasteiger partial charge on any atom is 0.261 e. The topological polar surface area (TPSA) is 38.3 Å². The molecular weight excluding hydrogens is 354 g/mol. The SMILES string of the molecule is CC[C@H](Oc1ccc2ccccc2c1)C(=O)NCCSCc1ccccc1. The molecule has 3 rings (SSSR count). The van der Waals surface area contributed by atoms with Crippen LogP contribution in [-0.4, -0.2) is 24.3 Å². The van der Waals surface area contributed by atoms with Gasteiger partial charge in [0.1, 0.15) is 5.75 Å². The van der Waals surface area contributed by atoms with E-state index >= 15 is 0 Å². The summed E-state index contributed by atoms with van der Waals surface area (Å²) in [6, 6.07) is 24.4. The lowest BCUT2D eigenvalue weighted by Crippen LogP contribution is -2.39. The molecule has 0 unspecified atom stereocenters. The number of nitrogens with one attached hydrogen (secondary N) is 1. The van der Waals surface area contributed by atoms with Crippen molar-refractivity contribution in [1.82, 2.24) is 5.32 Å². The van der Waals surface area contributed by atoms with Gasteiger partial charge in [-0.05, 0) is 34.9 Å². The average Bonchev–Trinajstić information content (AvgIpc) is 2.72. The number of ether oxygens (including phenoxy) is 1. The van der Waals surface area contributed by atoms with Crippen LogP contribution >= 0.6 is 11.8 Å². The van der Waals surface area contributed by atoms with Gasteiger partial charge in [-0.15, -0.1) is 0 Å². The molecule has 0 radical (unpaired) electrons. The highest BCUT2D eigenvalue weighted by molar-refractivity contribution is 7.98. The smallest absolute Gasteiger partial charge is 0.261 e. The molecule has 4 heteroatoms. The molecule has 0 aliphatic rings. The fraction of sp³-hybridized carbons (Fsp3) is 0.261. The van der Waals surface area contributed by atoms with E-state index in [1.54, 1.807) is 0 Å².